The molecule has 0 fully saturated rings. The molecule has 0 saturated heterocycles. The van der Waals surface area contributed by atoms with E-state index in [0.717, 1.165) is 10.9 Å². The summed E-state index contributed by atoms with van der Waals surface area (Å²) in [6.45, 7) is 1.43. The Hall–Kier alpha value is -2.88. The summed E-state index contributed by atoms with van der Waals surface area (Å²) in [5.41, 5.74) is 1.34. The highest BCUT2D eigenvalue weighted by atomic mass is 16.4. The summed E-state index contributed by atoms with van der Waals surface area (Å²) >= 11 is 0. The van der Waals surface area contributed by atoms with E-state index in [4.69, 9.17) is 4.42 Å². The second kappa shape index (κ2) is 5.85. The van der Waals surface area contributed by atoms with Gasteiger partial charge in [0.2, 0.25) is 5.91 Å². The SMILES string of the molecule is CC(=O)NC(c1ccccc1)c1cc2ccccc2oc1=O. The van der Waals surface area contributed by atoms with Gasteiger partial charge in [0.1, 0.15) is 5.58 Å². The fraction of sp³-hybridized carbons (Fsp3) is 0.111. The zero-order valence-electron chi connectivity index (χ0n) is 12.1. The molecule has 1 atom stereocenters. The Labute approximate surface area is 127 Å². The van der Waals surface area contributed by atoms with Crippen LogP contribution in [0.1, 0.15) is 24.1 Å². The van der Waals surface area contributed by atoms with Crippen LogP contribution in [0.4, 0.5) is 0 Å². The van der Waals surface area contributed by atoms with Crippen molar-refractivity contribution >= 4 is 16.9 Å². The summed E-state index contributed by atoms with van der Waals surface area (Å²) in [4.78, 5) is 23.8. The lowest BCUT2D eigenvalue weighted by molar-refractivity contribution is -0.119. The Balaban J connectivity index is 2.17. The molecule has 0 radical (unpaired) electrons. The second-order valence-corrected chi connectivity index (χ2v) is 5.07. The highest BCUT2D eigenvalue weighted by molar-refractivity contribution is 5.78. The van der Waals surface area contributed by atoms with E-state index in [1.807, 2.05) is 48.5 Å². The van der Waals surface area contributed by atoms with E-state index in [1.165, 1.54) is 6.92 Å². The van der Waals surface area contributed by atoms with Crippen molar-refractivity contribution in [2.24, 2.45) is 0 Å². The van der Waals surface area contributed by atoms with Gasteiger partial charge in [-0.2, -0.15) is 0 Å². The minimum atomic E-state index is -0.528. The minimum Gasteiger partial charge on any atom is -0.422 e. The Bertz CT molecular complexity index is 868. The molecule has 1 aromatic heterocycles. The van der Waals surface area contributed by atoms with Gasteiger partial charge in [-0.15, -0.1) is 0 Å². The number of benzene rings is 2. The predicted molar refractivity (Wildman–Crippen MR) is 84.6 cm³/mol. The first-order chi connectivity index (χ1) is 10.6. The van der Waals surface area contributed by atoms with Crippen molar-refractivity contribution in [2.75, 3.05) is 0 Å². The van der Waals surface area contributed by atoms with Crippen molar-refractivity contribution in [3.63, 3.8) is 0 Å². The topological polar surface area (TPSA) is 59.3 Å². The minimum absolute atomic E-state index is 0.207. The zero-order chi connectivity index (χ0) is 15.5. The number of hydrogen-bond donors (Lipinski definition) is 1. The van der Waals surface area contributed by atoms with Crippen LogP contribution in [0.5, 0.6) is 0 Å². The molecule has 0 aliphatic carbocycles. The number of fused-ring (bicyclic) bond motifs is 1. The summed E-state index contributed by atoms with van der Waals surface area (Å²) in [6.07, 6.45) is 0. The number of para-hydroxylation sites is 1. The maximum absolute atomic E-state index is 12.3. The molecular formula is C18H15NO3. The molecular weight excluding hydrogens is 278 g/mol. The quantitative estimate of drug-likeness (QED) is 0.755. The summed E-state index contributed by atoms with van der Waals surface area (Å²) in [7, 11) is 0. The molecule has 1 amide bonds. The molecule has 0 spiro atoms. The molecule has 3 aromatic rings. The van der Waals surface area contributed by atoms with E-state index in [-0.39, 0.29) is 5.91 Å². The molecule has 4 nitrogen and oxygen atoms in total. The lowest BCUT2D eigenvalue weighted by Crippen LogP contribution is -2.30. The number of hydrogen-bond acceptors (Lipinski definition) is 3. The largest absolute Gasteiger partial charge is 0.422 e. The number of rotatable bonds is 3. The van der Waals surface area contributed by atoms with Gasteiger partial charge in [0.25, 0.3) is 0 Å². The third-order valence-electron chi connectivity index (χ3n) is 3.46. The number of nitrogens with one attached hydrogen (secondary N) is 1. The standard InChI is InChI=1S/C18H15NO3/c1-12(20)19-17(13-7-3-2-4-8-13)15-11-14-9-5-6-10-16(14)22-18(15)21/h2-11,17H,1H3,(H,19,20). The first-order valence-electron chi connectivity index (χ1n) is 7.00. The third-order valence-corrected chi connectivity index (χ3v) is 3.46. The van der Waals surface area contributed by atoms with Crippen molar-refractivity contribution in [2.45, 2.75) is 13.0 Å². The van der Waals surface area contributed by atoms with Crippen molar-refractivity contribution in [3.8, 4) is 0 Å². The van der Waals surface area contributed by atoms with Crippen LogP contribution in [0.25, 0.3) is 11.0 Å². The zero-order valence-corrected chi connectivity index (χ0v) is 12.1. The van der Waals surface area contributed by atoms with Crippen LogP contribution in [0.3, 0.4) is 0 Å². The molecule has 110 valence electrons. The van der Waals surface area contributed by atoms with Gasteiger partial charge in [-0.1, -0.05) is 48.5 Å². The summed E-state index contributed by atoms with van der Waals surface area (Å²) in [5.74, 6) is -0.207. The average Bonchev–Trinajstić information content (AvgIpc) is 2.53. The van der Waals surface area contributed by atoms with Gasteiger partial charge in [-0.25, -0.2) is 4.79 Å². The molecule has 0 aliphatic rings. The van der Waals surface area contributed by atoms with E-state index >= 15 is 0 Å². The van der Waals surface area contributed by atoms with Crippen molar-refractivity contribution in [1.29, 1.82) is 0 Å². The Morgan fingerprint density at radius 1 is 1.05 bits per heavy atom. The van der Waals surface area contributed by atoms with Crippen LogP contribution in [0.15, 0.2) is 69.9 Å². The van der Waals surface area contributed by atoms with Crippen molar-refractivity contribution in [3.05, 3.63) is 82.2 Å². The molecule has 4 heteroatoms. The van der Waals surface area contributed by atoms with Gasteiger partial charge in [-0.05, 0) is 17.7 Å². The highest BCUT2D eigenvalue weighted by Gasteiger charge is 2.20. The highest BCUT2D eigenvalue weighted by Crippen LogP contribution is 2.22. The molecule has 3 rings (SSSR count). The first-order valence-corrected chi connectivity index (χ1v) is 7.00. The van der Waals surface area contributed by atoms with E-state index in [2.05, 4.69) is 5.32 Å². The predicted octanol–water partition coefficient (Wildman–Crippen LogP) is 3.02. The fourth-order valence-corrected chi connectivity index (χ4v) is 2.47. The number of amides is 1. The monoisotopic (exact) mass is 293 g/mol. The van der Waals surface area contributed by atoms with Gasteiger partial charge in [-0.3, -0.25) is 4.79 Å². The van der Waals surface area contributed by atoms with E-state index in [9.17, 15) is 9.59 Å². The van der Waals surface area contributed by atoms with Gasteiger partial charge in [0, 0.05) is 12.3 Å². The van der Waals surface area contributed by atoms with Crippen molar-refractivity contribution in [1.82, 2.24) is 5.32 Å². The van der Waals surface area contributed by atoms with Crippen LogP contribution >= 0.6 is 0 Å². The van der Waals surface area contributed by atoms with Crippen molar-refractivity contribution < 1.29 is 9.21 Å². The van der Waals surface area contributed by atoms with Crippen LogP contribution in [-0.2, 0) is 4.79 Å². The average molecular weight is 293 g/mol. The van der Waals surface area contributed by atoms with Gasteiger partial charge in [0.15, 0.2) is 0 Å². The summed E-state index contributed by atoms with van der Waals surface area (Å²) in [6, 6.07) is 17.9. The summed E-state index contributed by atoms with van der Waals surface area (Å²) in [5, 5.41) is 3.64. The fourth-order valence-electron chi connectivity index (χ4n) is 2.47. The molecule has 0 bridgehead atoms. The van der Waals surface area contributed by atoms with Gasteiger partial charge in [0.05, 0.1) is 11.6 Å². The van der Waals surface area contributed by atoms with Gasteiger partial charge >= 0.3 is 5.63 Å². The number of carbonyl (C=O) groups excluding carboxylic acids is 1. The molecule has 1 unspecified atom stereocenters. The normalized spacial score (nSPS) is 12.0. The van der Waals surface area contributed by atoms with Crippen LogP contribution in [-0.4, -0.2) is 5.91 Å². The van der Waals surface area contributed by atoms with Crippen LogP contribution in [0, 0.1) is 0 Å². The molecule has 0 saturated carbocycles. The Morgan fingerprint density at radius 3 is 2.45 bits per heavy atom. The van der Waals surface area contributed by atoms with Gasteiger partial charge < -0.3 is 9.73 Å². The second-order valence-electron chi connectivity index (χ2n) is 5.07. The molecule has 22 heavy (non-hydrogen) atoms. The van der Waals surface area contributed by atoms with E-state index in [0.29, 0.717) is 11.1 Å². The smallest absolute Gasteiger partial charge is 0.341 e. The summed E-state index contributed by atoms with van der Waals surface area (Å²) < 4.78 is 5.37. The lowest BCUT2D eigenvalue weighted by Gasteiger charge is -2.18. The Morgan fingerprint density at radius 2 is 1.73 bits per heavy atom. The number of carbonyl (C=O) groups is 1. The molecule has 1 N–H and O–H groups in total. The lowest BCUT2D eigenvalue weighted by atomic mass is 9.99. The molecule has 1 heterocycles. The van der Waals surface area contributed by atoms with Crippen LogP contribution in [0.2, 0.25) is 0 Å². The first kappa shape index (κ1) is 14.1. The van der Waals surface area contributed by atoms with E-state index in [1.54, 1.807) is 12.1 Å². The Kier molecular flexibility index (Phi) is 3.74. The molecule has 0 aliphatic heterocycles. The maximum atomic E-state index is 12.3. The third kappa shape index (κ3) is 2.76. The van der Waals surface area contributed by atoms with Crippen LogP contribution < -0.4 is 10.9 Å². The van der Waals surface area contributed by atoms with E-state index < -0.39 is 11.7 Å². The maximum Gasteiger partial charge on any atom is 0.341 e. The molecule has 2 aromatic carbocycles.